The molecule has 0 radical (unpaired) electrons. The molecular formula is C19H28N2O4S. The van der Waals surface area contributed by atoms with Crippen molar-refractivity contribution in [1.29, 1.82) is 0 Å². The minimum absolute atomic E-state index is 0.128. The van der Waals surface area contributed by atoms with E-state index in [-0.39, 0.29) is 11.8 Å². The highest BCUT2D eigenvalue weighted by Crippen LogP contribution is 2.09. The van der Waals surface area contributed by atoms with E-state index in [4.69, 9.17) is 0 Å². The smallest absolute Gasteiger partial charge is 0.326 e. The van der Waals surface area contributed by atoms with Crippen molar-refractivity contribution >= 4 is 29.5 Å². The quantitative estimate of drug-likeness (QED) is 0.579. The van der Waals surface area contributed by atoms with Crippen LogP contribution in [0.5, 0.6) is 0 Å². The monoisotopic (exact) mass is 380 g/mol. The van der Waals surface area contributed by atoms with Crippen LogP contribution >= 0.6 is 11.8 Å². The second-order valence-electron chi connectivity index (χ2n) is 6.71. The van der Waals surface area contributed by atoms with E-state index in [1.165, 1.54) is 0 Å². The average molecular weight is 381 g/mol. The van der Waals surface area contributed by atoms with Crippen LogP contribution in [0.4, 0.5) is 0 Å². The Kier molecular flexibility index (Phi) is 9.19. The van der Waals surface area contributed by atoms with Gasteiger partial charge in [-0.2, -0.15) is 11.8 Å². The normalized spacial score (nSPS) is 13.1. The number of hydrogen-bond acceptors (Lipinski definition) is 4. The summed E-state index contributed by atoms with van der Waals surface area (Å²) in [6, 6.07) is 5.37. The van der Waals surface area contributed by atoms with Crippen molar-refractivity contribution in [2.45, 2.75) is 45.7 Å². The van der Waals surface area contributed by atoms with Crippen LogP contribution in [0.15, 0.2) is 24.3 Å². The van der Waals surface area contributed by atoms with E-state index in [9.17, 15) is 19.5 Å². The van der Waals surface area contributed by atoms with Gasteiger partial charge in [-0.05, 0) is 49.8 Å². The molecule has 3 N–H and O–H groups in total. The maximum atomic E-state index is 12.6. The van der Waals surface area contributed by atoms with Gasteiger partial charge in [0.15, 0.2) is 0 Å². The Balaban J connectivity index is 2.85. The number of thioether (sulfide) groups is 1. The lowest BCUT2D eigenvalue weighted by Crippen LogP contribution is -2.52. The molecule has 0 aliphatic rings. The molecule has 1 unspecified atom stereocenters. The van der Waals surface area contributed by atoms with E-state index in [1.54, 1.807) is 30.0 Å². The van der Waals surface area contributed by atoms with Gasteiger partial charge in [-0.15, -0.1) is 0 Å². The zero-order chi connectivity index (χ0) is 19.7. The second kappa shape index (κ2) is 10.9. The van der Waals surface area contributed by atoms with Gasteiger partial charge in [-0.3, -0.25) is 9.59 Å². The van der Waals surface area contributed by atoms with Crippen LogP contribution in [-0.4, -0.2) is 47.0 Å². The van der Waals surface area contributed by atoms with E-state index in [0.29, 0.717) is 24.2 Å². The lowest BCUT2D eigenvalue weighted by Gasteiger charge is -2.22. The molecule has 0 saturated carbocycles. The summed E-state index contributed by atoms with van der Waals surface area (Å²) in [5, 5.41) is 14.6. The highest BCUT2D eigenvalue weighted by Gasteiger charge is 2.27. The SMILES string of the molecule is CSCCC(NC(=O)c1cccc(C)c1)C(=O)N[C@H](CC(C)C)C(=O)O. The Bertz CT molecular complexity index is 634. The van der Waals surface area contributed by atoms with Gasteiger partial charge in [-0.25, -0.2) is 4.79 Å². The van der Waals surface area contributed by atoms with Crippen molar-refractivity contribution in [3.05, 3.63) is 35.4 Å². The number of aliphatic carboxylic acids is 1. The molecule has 0 heterocycles. The number of rotatable bonds is 10. The Morgan fingerprint density at radius 2 is 1.85 bits per heavy atom. The third kappa shape index (κ3) is 7.47. The minimum Gasteiger partial charge on any atom is -0.480 e. The second-order valence-corrected chi connectivity index (χ2v) is 7.69. The molecule has 2 amide bonds. The maximum Gasteiger partial charge on any atom is 0.326 e. The number of nitrogens with one attached hydrogen (secondary N) is 2. The highest BCUT2D eigenvalue weighted by atomic mass is 32.2. The Hall–Kier alpha value is -2.02. The summed E-state index contributed by atoms with van der Waals surface area (Å²) in [6.45, 7) is 5.68. The lowest BCUT2D eigenvalue weighted by molar-refractivity contribution is -0.142. The molecule has 0 fully saturated rings. The minimum atomic E-state index is -1.07. The first kappa shape index (κ1) is 22.0. The first-order chi connectivity index (χ1) is 12.2. The molecule has 0 aliphatic heterocycles. The van der Waals surface area contributed by atoms with E-state index in [2.05, 4.69) is 10.6 Å². The van der Waals surface area contributed by atoms with Crippen LogP contribution in [0.25, 0.3) is 0 Å². The number of carboxylic acid groups (broad SMARTS) is 1. The summed E-state index contributed by atoms with van der Waals surface area (Å²) in [6.07, 6.45) is 2.68. The Morgan fingerprint density at radius 1 is 1.15 bits per heavy atom. The molecule has 0 aromatic heterocycles. The molecule has 144 valence electrons. The number of aryl methyl sites for hydroxylation is 1. The molecule has 1 rings (SSSR count). The lowest BCUT2D eigenvalue weighted by atomic mass is 10.0. The van der Waals surface area contributed by atoms with Crippen molar-refractivity contribution in [1.82, 2.24) is 10.6 Å². The van der Waals surface area contributed by atoms with Crippen molar-refractivity contribution in [3.63, 3.8) is 0 Å². The van der Waals surface area contributed by atoms with Crippen molar-refractivity contribution in [2.24, 2.45) is 5.92 Å². The summed E-state index contributed by atoms with van der Waals surface area (Å²) in [5.74, 6) is -1.07. The summed E-state index contributed by atoms with van der Waals surface area (Å²) >= 11 is 1.56. The van der Waals surface area contributed by atoms with Gasteiger partial charge in [0.25, 0.3) is 5.91 Å². The summed E-state index contributed by atoms with van der Waals surface area (Å²) in [4.78, 5) is 36.4. The average Bonchev–Trinajstić information content (AvgIpc) is 2.57. The van der Waals surface area contributed by atoms with Crippen LogP contribution in [0, 0.1) is 12.8 Å². The van der Waals surface area contributed by atoms with Crippen LogP contribution in [0.2, 0.25) is 0 Å². The predicted molar refractivity (Wildman–Crippen MR) is 104 cm³/mol. The topological polar surface area (TPSA) is 95.5 Å². The van der Waals surface area contributed by atoms with E-state index < -0.39 is 24.0 Å². The molecule has 7 heteroatoms. The first-order valence-electron chi connectivity index (χ1n) is 8.64. The Morgan fingerprint density at radius 3 is 2.38 bits per heavy atom. The first-order valence-corrected chi connectivity index (χ1v) is 10.0. The molecule has 1 aromatic carbocycles. The number of hydrogen-bond donors (Lipinski definition) is 3. The summed E-state index contributed by atoms with van der Waals surface area (Å²) < 4.78 is 0. The predicted octanol–water partition coefficient (Wildman–Crippen LogP) is 2.46. The number of carbonyl (C=O) groups is 3. The Labute approximate surface area is 159 Å². The van der Waals surface area contributed by atoms with Crippen LogP contribution in [0.1, 0.15) is 42.6 Å². The molecule has 0 saturated heterocycles. The van der Waals surface area contributed by atoms with Gasteiger partial charge < -0.3 is 15.7 Å². The number of benzene rings is 1. The van der Waals surface area contributed by atoms with Crippen LogP contribution in [0.3, 0.4) is 0 Å². The van der Waals surface area contributed by atoms with Gasteiger partial charge in [0.05, 0.1) is 0 Å². The third-order valence-electron chi connectivity index (χ3n) is 3.83. The number of carbonyl (C=O) groups excluding carboxylic acids is 2. The zero-order valence-electron chi connectivity index (χ0n) is 15.7. The van der Waals surface area contributed by atoms with Crippen molar-refractivity contribution in [2.75, 3.05) is 12.0 Å². The molecular weight excluding hydrogens is 352 g/mol. The van der Waals surface area contributed by atoms with Crippen LogP contribution in [-0.2, 0) is 9.59 Å². The maximum absolute atomic E-state index is 12.6. The largest absolute Gasteiger partial charge is 0.480 e. The standard InChI is InChI=1S/C19H28N2O4S/c1-12(2)10-16(19(24)25)21-18(23)15(8-9-26-4)20-17(22)14-7-5-6-13(3)11-14/h5-7,11-12,15-16H,8-10H2,1-4H3,(H,20,22)(H,21,23)(H,24,25)/t15?,16-/m1/s1. The zero-order valence-corrected chi connectivity index (χ0v) is 16.6. The molecule has 26 heavy (non-hydrogen) atoms. The van der Waals surface area contributed by atoms with Crippen molar-refractivity contribution < 1.29 is 19.5 Å². The fraction of sp³-hybridized carbons (Fsp3) is 0.526. The van der Waals surface area contributed by atoms with Gasteiger partial charge in [-0.1, -0.05) is 31.5 Å². The summed E-state index contributed by atoms with van der Waals surface area (Å²) in [7, 11) is 0. The third-order valence-corrected chi connectivity index (χ3v) is 4.48. The fourth-order valence-electron chi connectivity index (χ4n) is 2.50. The van der Waals surface area contributed by atoms with E-state index in [1.807, 2.05) is 33.1 Å². The molecule has 0 aliphatic carbocycles. The highest BCUT2D eigenvalue weighted by molar-refractivity contribution is 7.98. The van der Waals surface area contributed by atoms with Crippen molar-refractivity contribution in [3.8, 4) is 0 Å². The molecule has 1 aromatic rings. The summed E-state index contributed by atoms with van der Waals surface area (Å²) in [5.41, 5.74) is 1.43. The van der Waals surface area contributed by atoms with E-state index in [0.717, 1.165) is 5.56 Å². The van der Waals surface area contributed by atoms with E-state index >= 15 is 0 Å². The van der Waals surface area contributed by atoms with Crippen LogP contribution < -0.4 is 10.6 Å². The fourth-order valence-corrected chi connectivity index (χ4v) is 2.97. The van der Waals surface area contributed by atoms with Gasteiger partial charge in [0.2, 0.25) is 5.91 Å². The molecule has 0 spiro atoms. The molecule has 6 nitrogen and oxygen atoms in total. The van der Waals surface area contributed by atoms with Gasteiger partial charge in [0.1, 0.15) is 12.1 Å². The number of carboxylic acids is 1. The van der Waals surface area contributed by atoms with Gasteiger partial charge >= 0.3 is 5.97 Å². The molecule has 0 bridgehead atoms. The number of amides is 2. The van der Waals surface area contributed by atoms with Gasteiger partial charge in [0, 0.05) is 5.56 Å². The molecule has 2 atom stereocenters.